The molecule has 2 N–H and O–H groups in total. The third kappa shape index (κ3) is 6.31. The van der Waals surface area contributed by atoms with E-state index in [0.29, 0.717) is 30.0 Å². The Kier molecular flexibility index (Phi) is 8.29. The van der Waals surface area contributed by atoms with Crippen molar-refractivity contribution in [3.63, 3.8) is 0 Å². The molecular weight excluding hydrogens is 409 g/mol. The Morgan fingerprint density at radius 3 is 2.41 bits per heavy atom. The maximum atomic E-state index is 12.7. The normalized spacial score (nSPS) is 17.3. The van der Waals surface area contributed by atoms with Crippen LogP contribution in [0.25, 0.3) is 0 Å². The number of aliphatic imine (C=N–C) groups is 1. The molecule has 11 heteroatoms. The Bertz CT molecular complexity index is 792. The van der Waals surface area contributed by atoms with Crippen molar-refractivity contribution in [2.24, 2.45) is 4.99 Å². The van der Waals surface area contributed by atoms with Gasteiger partial charge in [0.05, 0.1) is 6.61 Å². The van der Waals surface area contributed by atoms with Crippen LogP contribution in [0.4, 0.5) is 13.2 Å². The topological polar surface area (TPSA) is 83.0 Å². The van der Waals surface area contributed by atoms with Gasteiger partial charge >= 0.3 is 15.5 Å². The third-order valence-corrected chi connectivity index (χ3v) is 6.31. The van der Waals surface area contributed by atoms with Crippen molar-refractivity contribution in [2.75, 3.05) is 26.7 Å². The molecule has 1 saturated heterocycles. The van der Waals surface area contributed by atoms with Gasteiger partial charge in [-0.2, -0.15) is 17.5 Å². The summed E-state index contributed by atoms with van der Waals surface area (Å²) in [4.78, 5) is 4.15. The maximum Gasteiger partial charge on any atom is 0.511 e. The number of benzene rings is 1. The number of guanidine groups is 1. The summed E-state index contributed by atoms with van der Waals surface area (Å²) >= 11 is 0. The first-order valence-corrected chi connectivity index (χ1v) is 10.8. The highest BCUT2D eigenvalue weighted by Crippen LogP contribution is 2.28. The highest BCUT2D eigenvalue weighted by molar-refractivity contribution is 7.90. The molecule has 0 radical (unpaired) electrons. The average Bonchev–Trinajstić information content (AvgIpc) is 2.69. The predicted molar refractivity (Wildman–Crippen MR) is 105 cm³/mol. The van der Waals surface area contributed by atoms with E-state index in [9.17, 15) is 21.6 Å². The number of hydrogen-bond donors (Lipinski definition) is 2. The van der Waals surface area contributed by atoms with Crippen LogP contribution in [-0.4, -0.2) is 57.0 Å². The predicted octanol–water partition coefficient (Wildman–Crippen LogP) is 2.20. The zero-order chi connectivity index (χ0) is 21.5. The molecule has 1 aromatic carbocycles. The van der Waals surface area contributed by atoms with Gasteiger partial charge in [0.15, 0.2) is 5.96 Å². The Morgan fingerprint density at radius 1 is 1.24 bits per heavy atom. The number of alkyl halides is 3. The Labute approximate surface area is 169 Å². The Morgan fingerprint density at radius 2 is 1.86 bits per heavy atom. The van der Waals surface area contributed by atoms with Crippen LogP contribution in [0.3, 0.4) is 0 Å². The molecule has 0 saturated carbocycles. The van der Waals surface area contributed by atoms with Gasteiger partial charge in [-0.05, 0) is 30.9 Å². The fourth-order valence-electron chi connectivity index (χ4n) is 3.04. The number of sulfonamides is 1. The highest BCUT2D eigenvalue weighted by Gasteiger charge is 2.50. The van der Waals surface area contributed by atoms with Gasteiger partial charge in [-0.1, -0.05) is 24.3 Å². The quantitative estimate of drug-likeness (QED) is 0.506. The first-order chi connectivity index (χ1) is 13.7. The van der Waals surface area contributed by atoms with Crippen molar-refractivity contribution in [2.45, 2.75) is 44.5 Å². The molecule has 2 rings (SSSR count). The first kappa shape index (κ1) is 23.4. The largest absolute Gasteiger partial charge is 0.511 e. The van der Waals surface area contributed by atoms with Crippen molar-refractivity contribution >= 4 is 16.0 Å². The van der Waals surface area contributed by atoms with E-state index in [0.717, 1.165) is 11.1 Å². The van der Waals surface area contributed by atoms with E-state index in [1.807, 2.05) is 31.2 Å². The van der Waals surface area contributed by atoms with Crippen LogP contribution in [0.15, 0.2) is 29.3 Å². The average molecular weight is 437 g/mol. The van der Waals surface area contributed by atoms with Gasteiger partial charge in [0, 0.05) is 39.3 Å². The van der Waals surface area contributed by atoms with Gasteiger partial charge in [-0.25, -0.2) is 8.42 Å². The molecule has 1 aliphatic rings. The smallest absolute Gasteiger partial charge is 0.377 e. The summed E-state index contributed by atoms with van der Waals surface area (Å²) in [6, 6.07) is 7.67. The lowest BCUT2D eigenvalue weighted by molar-refractivity contribution is -0.0494. The van der Waals surface area contributed by atoms with Gasteiger partial charge in [0.25, 0.3) is 0 Å². The second-order valence-electron chi connectivity index (χ2n) is 6.60. The minimum atomic E-state index is -5.27. The second kappa shape index (κ2) is 10.3. The van der Waals surface area contributed by atoms with Gasteiger partial charge in [-0.15, -0.1) is 0 Å². The molecule has 0 spiro atoms. The van der Waals surface area contributed by atoms with Crippen LogP contribution in [0, 0.1) is 0 Å². The molecule has 1 aromatic rings. The number of halogens is 3. The number of ether oxygens (including phenoxy) is 1. The number of nitrogens with one attached hydrogen (secondary N) is 2. The molecule has 0 unspecified atom stereocenters. The SMILES string of the molecule is CCOCc1ccccc1CNC(=NC)NC1CCN(S(=O)(=O)C(F)(F)F)CC1. The first-order valence-electron chi connectivity index (χ1n) is 9.37. The summed E-state index contributed by atoms with van der Waals surface area (Å²) in [7, 11) is -3.67. The second-order valence-corrected chi connectivity index (χ2v) is 8.53. The molecule has 1 fully saturated rings. The van der Waals surface area contributed by atoms with Crippen molar-refractivity contribution in [1.82, 2.24) is 14.9 Å². The van der Waals surface area contributed by atoms with E-state index in [4.69, 9.17) is 4.74 Å². The van der Waals surface area contributed by atoms with E-state index in [-0.39, 0.29) is 32.0 Å². The molecule has 0 atom stereocenters. The maximum absolute atomic E-state index is 12.7. The highest BCUT2D eigenvalue weighted by atomic mass is 32.2. The molecule has 164 valence electrons. The lowest BCUT2D eigenvalue weighted by Gasteiger charge is -2.32. The molecule has 0 amide bonds. The summed E-state index contributed by atoms with van der Waals surface area (Å²) in [5.41, 5.74) is -3.15. The van der Waals surface area contributed by atoms with Crippen molar-refractivity contribution in [3.05, 3.63) is 35.4 Å². The fraction of sp³-hybridized carbons (Fsp3) is 0.611. The molecular formula is C18H27F3N4O3S. The van der Waals surface area contributed by atoms with Crippen LogP contribution in [0.5, 0.6) is 0 Å². The minimum Gasteiger partial charge on any atom is -0.377 e. The van der Waals surface area contributed by atoms with E-state index in [1.54, 1.807) is 7.05 Å². The lowest BCUT2D eigenvalue weighted by atomic mass is 10.1. The standard InChI is InChI=1S/C18H27F3N4O3S/c1-3-28-13-15-7-5-4-6-14(15)12-23-17(22-2)24-16-8-10-25(11-9-16)29(26,27)18(19,20)21/h4-7,16H,3,8-13H2,1-2H3,(H2,22,23,24). The van der Waals surface area contributed by atoms with E-state index in [1.165, 1.54) is 0 Å². The molecule has 1 aliphatic heterocycles. The summed E-state index contributed by atoms with van der Waals surface area (Å²) in [5, 5.41) is 6.34. The summed E-state index contributed by atoms with van der Waals surface area (Å²) in [6.45, 7) is 3.18. The third-order valence-electron chi connectivity index (χ3n) is 4.68. The van der Waals surface area contributed by atoms with Crippen LogP contribution < -0.4 is 10.6 Å². The van der Waals surface area contributed by atoms with Crippen LogP contribution in [0.1, 0.15) is 30.9 Å². The van der Waals surface area contributed by atoms with Crippen molar-refractivity contribution in [1.29, 1.82) is 0 Å². The van der Waals surface area contributed by atoms with Gasteiger partial charge in [0.1, 0.15) is 0 Å². The number of nitrogens with zero attached hydrogens (tertiary/aromatic N) is 2. The van der Waals surface area contributed by atoms with Gasteiger partial charge in [0.2, 0.25) is 0 Å². The molecule has 7 nitrogen and oxygen atoms in total. The molecule has 29 heavy (non-hydrogen) atoms. The Hall–Kier alpha value is -1.85. The molecule has 0 aromatic heterocycles. The number of rotatable bonds is 7. The lowest BCUT2D eigenvalue weighted by Crippen LogP contribution is -2.51. The zero-order valence-electron chi connectivity index (χ0n) is 16.5. The number of hydrogen-bond acceptors (Lipinski definition) is 4. The van der Waals surface area contributed by atoms with Gasteiger partial charge in [-0.3, -0.25) is 4.99 Å². The zero-order valence-corrected chi connectivity index (χ0v) is 17.3. The molecule has 0 bridgehead atoms. The van der Waals surface area contributed by atoms with Crippen LogP contribution in [-0.2, 0) is 27.9 Å². The summed E-state index contributed by atoms with van der Waals surface area (Å²) in [5.74, 6) is 0.508. The van der Waals surface area contributed by atoms with Crippen LogP contribution >= 0.6 is 0 Å². The van der Waals surface area contributed by atoms with E-state index in [2.05, 4.69) is 15.6 Å². The summed E-state index contributed by atoms with van der Waals surface area (Å²) in [6.07, 6.45) is 0.522. The minimum absolute atomic E-state index is 0.167. The fourth-order valence-corrected chi connectivity index (χ4v) is 4.02. The van der Waals surface area contributed by atoms with Crippen LogP contribution in [0.2, 0.25) is 0 Å². The van der Waals surface area contributed by atoms with E-state index >= 15 is 0 Å². The summed E-state index contributed by atoms with van der Waals surface area (Å²) < 4.78 is 67.0. The molecule has 0 aliphatic carbocycles. The number of piperidine rings is 1. The molecule has 1 heterocycles. The van der Waals surface area contributed by atoms with E-state index < -0.39 is 15.5 Å². The van der Waals surface area contributed by atoms with Crippen molar-refractivity contribution < 1.29 is 26.3 Å². The van der Waals surface area contributed by atoms with Crippen molar-refractivity contribution in [3.8, 4) is 0 Å². The Balaban J connectivity index is 1.88. The van der Waals surface area contributed by atoms with Gasteiger partial charge < -0.3 is 15.4 Å². The monoisotopic (exact) mass is 436 g/mol.